The maximum Gasteiger partial charge on any atom is 0.0929 e. The van der Waals surface area contributed by atoms with Gasteiger partial charge < -0.3 is 5.73 Å². The maximum absolute atomic E-state index is 5.79. The SMILES string of the molecule is Cl.Cn1cc(-c2ccc3cn(C4CCC(CN)CC4)nc3c2)cn1. The van der Waals surface area contributed by atoms with Crippen LogP contribution in [0.15, 0.2) is 36.8 Å². The molecule has 6 heteroatoms. The number of benzene rings is 1. The summed E-state index contributed by atoms with van der Waals surface area (Å²) >= 11 is 0. The zero-order chi connectivity index (χ0) is 15.8. The number of halogens is 1. The standard InChI is InChI=1S/C18H23N5.ClH/c1-22-11-16(10-20-22)14-4-5-15-12-23(21-18(15)8-14)17-6-2-13(9-19)3-7-17;/h4-5,8,10-13,17H,2-3,6-7,9,19H2,1H3;1H. The molecule has 2 N–H and O–H groups in total. The molecular weight excluding hydrogens is 322 g/mol. The molecule has 1 aliphatic rings. The average Bonchev–Trinajstić information content (AvgIpc) is 3.20. The highest BCUT2D eigenvalue weighted by molar-refractivity contribution is 5.85. The second kappa shape index (κ2) is 6.95. The molecule has 0 aliphatic heterocycles. The van der Waals surface area contributed by atoms with E-state index in [1.165, 1.54) is 36.6 Å². The normalized spacial score (nSPS) is 20.9. The summed E-state index contributed by atoms with van der Waals surface area (Å²) in [6.45, 7) is 0.822. The van der Waals surface area contributed by atoms with E-state index in [1.54, 1.807) is 0 Å². The van der Waals surface area contributed by atoms with Crippen LogP contribution in [0.2, 0.25) is 0 Å². The maximum atomic E-state index is 5.79. The van der Waals surface area contributed by atoms with Crippen molar-refractivity contribution in [1.29, 1.82) is 0 Å². The molecule has 1 fully saturated rings. The van der Waals surface area contributed by atoms with Crippen molar-refractivity contribution in [3.05, 3.63) is 36.8 Å². The predicted octanol–water partition coefficient (Wildman–Crippen LogP) is 3.55. The van der Waals surface area contributed by atoms with Crippen molar-refractivity contribution in [1.82, 2.24) is 19.6 Å². The summed E-state index contributed by atoms with van der Waals surface area (Å²) in [5.41, 5.74) is 9.16. The van der Waals surface area contributed by atoms with Gasteiger partial charge >= 0.3 is 0 Å². The van der Waals surface area contributed by atoms with Gasteiger partial charge in [-0.25, -0.2) is 0 Å². The van der Waals surface area contributed by atoms with E-state index in [1.807, 2.05) is 24.1 Å². The van der Waals surface area contributed by atoms with Crippen LogP contribution in [-0.4, -0.2) is 26.1 Å². The molecule has 1 saturated carbocycles. The minimum absolute atomic E-state index is 0. The van der Waals surface area contributed by atoms with Crippen LogP contribution < -0.4 is 5.73 Å². The summed E-state index contributed by atoms with van der Waals surface area (Å²) in [7, 11) is 1.94. The molecule has 0 amide bonds. The fourth-order valence-corrected chi connectivity index (χ4v) is 3.62. The summed E-state index contributed by atoms with van der Waals surface area (Å²) in [6.07, 6.45) is 10.9. The topological polar surface area (TPSA) is 61.7 Å². The molecule has 0 atom stereocenters. The third kappa shape index (κ3) is 3.19. The van der Waals surface area contributed by atoms with Crippen molar-refractivity contribution in [2.45, 2.75) is 31.7 Å². The van der Waals surface area contributed by atoms with Gasteiger partial charge in [-0.3, -0.25) is 9.36 Å². The van der Waals surface area contributed by atoms with E-state index in [-0.39, 0.29) is 12.4 Å². The Bertz CT molecular complexity index is 814. The molecule has 4 rings (SSSR count). The molecule has 0 unspecified atom stereocenters. The summed E-state index contributed by atoms with van der Waals surface area (Å²) < 4.78 is 4.00. The highest BCUT2D eigenvalue weighted by Gasteiger charge is 2.22. The van der Waals surface area contributed by atoms with Gasteiger partial charge in [-0.2, -0.15) is 10.2 Å². The summed E-state index contributed by atoms with van der Waals surface area (Å²) in [4.78, 5) is 0. The zero-order valence-electron chi connectivity index (χ0n) is 13.9. The monoisotopic (exact) mass is 345 g/mol. The van der Waals surface area contributed by atoms with Crippen molar-refractivity contribution in [3.8, 4) is 11.1 Å². The van der Waals surface area contributed by atoms with E-state index >= 15 is 0 Å². The van der Waals surface area contributed by atoms with Gasteiger partial charge in [-0.05, 0) is 49.8 Å². The van der Waals surface area contributed by atoms with Crippen LogP contribution in [0.3, 0.4) is 0 Å². The average molecular weight is 346 g/mol. The highest BCUT2D eigenvalue weighted by atomic mass is 35.5. The Morgan fingerprint density at radius 2 is 1.92 bits per heavy atom. The Balaban J connectivity index is 0.00000169. The van der Waals surface area contributed by atoms with E-state index in [0.717, 1.165) is 17.6 Å². The second-order valence-electron chi connectivity index (χ2n) is 6.70. The van der Waals surface area contributed by atoms with Crippen LogP contribution in [0, 0.1) is 5.92 Å². The molecular formula is C18H24ClN5. The number of aromatic nitrogens is 4. The number of hydrogen-bond donors (Lipinski definition) is 1. The molecule has 0 bridgehead atoms. The quantitative estimate of drug-likeness (QED) is 0.789. The van der Waals surface area contributed by atoms with Gasteiger partial charge in [0.25, 0.3) is 0 Å². The van der Waals surface area contributed by atoms with E-state index in [2.05, 4.69) is 34.2 Å². The van der Waals surface area contributed by atoms with E-state index in [0.29, 0.717) is 12.0 Å². The van der Waals surface area contributed by atoms with Crippen LogP contribution in [0.5, 0.6) is 0 Å². The molecule has 5 nitrogen and oxygen atoms in total. The molecule has 0 radical (unpaired) electrons. The van der Waals surface area contributed by atoms with Gasteiger partial charge in [0, 0.05) is 30.4 Å². The number of nitrogens with zero attached hydrogens (tertiary/aromatic N) is 4. The number of nitrogens with two attached hydrogens (primary N) is 1. The Kier molecular flexibility index (Phi) is 4.92. The Morgan fingerprint density at radius 3 is 2.58 bits per heavy atom. The smallest absolute Gasteiger partial charge is 0.0929 e. The lowest BCUT2D eigenvalue weighted by Crippen LogP contribution is -2.23. The molecule has 128 valence electrons. The third-order valence-electron chi connectivity index (χ3n) is 5.09. The Hall–Kier alpha value is -1.85. The lowest BCUT2D eigenvalue weighted by atomic mass is 9.86. The minimum Gasteiger partial charge on any atom is -0.330 e. The molecule has 0 saturated heterocycles. The zero-order valence-corrected chi connectivity index (χ0v) is 14.7. The number of hydrogen-bond acceptors (Lipinski definition) is 3. The largest absolute Gasteiger partial charge is 0.330 e. The van der Waals surface area contributed by atoms with Crippen molar-refractivity contribution >= 4 is 23.3 Å². The first-order valence-electron chi connectivity index (χ1n) is 8.41. The third-order valence-corrected chi connectivity index (χ3v) is 5.09. The van der Waals surface area contributed by atoms with Gasteiger partial charge in [-0.1, -0.05) is 12.1 Å². The fourth-order valence-electron chi connectivity index (χ4n) is 3.62. The number of rotatable bonds is 3. The van der Waals surface area contributed by atoms with E-state index in [9.17, 15) is 0 Å². The predicted molar refractivity (Wildman–Crippen MR) is 99.2 cm³/mol. The molecule has 2 aromatic heterocycles. The van der Waals surface area contributed by atoms with Gasteiger partial charge in [-0.15, -0.1) is 12.4 Å². The highest BCUT2D eigenvalue weighted by Crippen LogP contribution is 2.32. The van der Waals surface area contributed by atoms with Gasteiger partial charge in [0.05, 0.1) is 17.8 Å². The first-order valence-corrected chi connectivity index (χ1v) is 8.41. The van der Waals surface area contributed by atoms with Crippen LogP contribution in [0.1, 0.15) is 31.7 Å². The van der Waals surface area contributed by atoms with Gasteiger partial charge in [0.15, 0.2) is 0 Å². The molecule has 0 spiro atoms. The summed E-state index contributed by atoms with van der Waals surface area (Å²) in [5.74, 6) is 0.702. The van der Waals surface area contributed by atoms with Crippen LogP contribution >= 0.6 is 12.4 Å². The van der Waals surface area contributed by atoms with E-state index < -0.39 is 0 Å². The van der Waals surface area contributed by atoms with Gasteiger partial charge in [0.2, 0.25) is 0 Å². The van der Waals surface area contributed by atoms with Crippen molar-refractivity contribution in [2.24, 2.45) is 18.7 Å². The Labute approximate surface area is 148 Å². The van der Waals surface area contributed by atoms with Crippen molar-refractivity contribution < 1.29 is 0 Å². The van der Waals surface area contributed by atoms with Crippen LogP contribution in [0.25, 0.3) is 22.0 Å². The molecule has 3 aromatic rings. The lowest BCUT2D eigenvalue weighted by molar-refractivity contribution is 0.266. The number of aryl methyl sites for hydroxylation is 1. The fraction of sp³-hybridized carbons (Fsp3) is 0.444. The summed E-state index contributed by atoms with van der Waals surface area (Å²) in [6, 6.07) is 6.99. The first-order chi connectivity index (χ1) is 11.2. The van der Waals surface area contributed by atoms with Gasteiger partial charge in [0.1, 0.15) is 0 Å². The van der Waals surface area contributed by atoms with Crippen molar-refractivity contribution in [2.75, 3.05) is 6.54 Å². The first kappa shape index (κ1) is 17.0. The van der Waals surface area contributed by atoms with E-state index in [4.69, 9.17) is 10.8 Å². The number of fused-ring (bicyclic) bond motifs is 1. The minimum atomic E-state index is 0. The second-order valence-corrected chi connectivity index (χ2v) is 6.70. The summed E-state index contributed by atoms with van der Waals surface area (Å²) in [5, 5.41) is 10.3. The van der Waals surface area contributed by atoms with Crippen molar-refractivity contribution in [3.63, 3.8) is 0 Å². The molecule has 2 heterocycles. The van der Waals surface area contributed by atoms with Crippen LogP contribution in [0.4, 0.5) is 0 Å². The van der Waals surface area contributed by atoms with Crippen LogP contribution in [-0.2, 0) is 7.05 Å². The molecule has 24 heavy (non-hydrogen) atoms. The lowest BCUT2D eigenvalue weighted by Gasteiger charge is -2.27. The molecule has 1 aliphatic carbocycles. The Morgan fingerprint density at radius 1 is 1.12 bits per heavy atom. The molecule has 1 aromatic carbocycles.